The van der Waals surface area contributed by atoms with Crippen LogP contribution in [0.1, 0.15) is 61.5 Å². The molecule has 5 rings (SSSR count). The maximum Gasteiger partial charge on any atom is 0.326 e. The summed E-state index contributed by atoms with van der Waals surface area (Å²) in [6.45, 7) is 3.43. The molecular formula is C52H57Cl3N6O15. The Kier molecular flexibility index (Phi) is 24.9. The fourth-order valence-electron chi connectivity index (χ4n) is 6.95. The Morgan fingerprint density at radius 3 is 1.86 bits per heavy atom. The van der Waals surface area contributed by atoms with Crippen LogP contribution >= 0.6 is 34.8 Å². The van der Waals surface area contributed by atoms with Crippen LogP contribution in [0.25, 0.3) is 0 Å². The highest BCUT2D eigenvalue weighted by Gasteiger charge is 2.25. The summed E-state index contributed by atoms with van der Waals surface area (Å²) in [6, 6.07) is 18.2. The number of carboxylic acid groups (broad SMARTS) is 1. The maximum atomic E-state index is 13.2. The third-order valence-electron chi connectivity index (χ3n) is 10.9. The molecule has 0 bridgehead atoms. The molecule has 24 heteroatoms. The summed E-state index contributed by atoms with van der Waals surface area (Å²) in [5, 5.41) is 32.8. The summed E-state index contributed by atoms with van der Waals surface area (Å²) in [6.07, 6.45) is 2.85. The van der Waals surface area contributed by atoms with Gasteiger partial charge >= 0.3 is 5.97 Å². The first kappa shape index (κ1) is 59.8. The van der Waals surface area contributed by atoms with Crippen LogP contribution in [0.4, 0.5) is 5.69 Å². The number of carbonyl (C=O) groups is 8. The molecule has 76 heavy (non-hydrogen) atoms. The van der Waals surface area contributed by atoms with E-state index in [-0.39, 0.29) is 108 Å². The van der Waals surface area contributed by atoms with Crippen molar-refractivity contribution in [3.8, 4) is 11.5 Å². The minimum absolute atomic E-state index is 0.00798. The average Bonchev–Trinajstić information content (AvgIpc) is 3.71. The lowest BCUT2D eigenvalue weighted by molar-refractivity contribution is -0.139. The summed E-state index contributed by atoms with van der Waals surface area (Å²) < 4.78 is 27.5. The molecule has 0 fully saturated rings. The van der Waals surface area contributed by atoms with Crippen molar-refractivity contribution in [2.75, 3.05) is 84.4 Å². The number of ether oxygens (including phenoxy) is 5. The largest absolute Gasteiger partial charge is 0.508 e. The third kappa shape index (κ3) is 20.5. The number of aromatic hydroxyl groups is 1. The molecule has 406 valence electrons. The molecule has 7 amide bonds. The molecule has 0 saturated heterocycles. The van der Waals surface area contributed by atoms with Gasteiger partial charge < -0.3 is 60.5 Å². The van der Waals surface area contributed by atoms with Crippen molar-refractivity contribution in [2.24, 2.45) is 0 Å². The highest BCUT2D eigenvalue weighted by Crippen LogP contribution is 2.31. The minimum Gasteiger partial charge on any atom is -0.508 e. The minimum atomic E-state index is -1.36. The number of imide groups is 1. The number of amides is 7. The highest BCUT2D eigenvalue weighted by atomic mass is 35.5. The molecular weight excluding hydrogens is 1050 g/mol. The van der Waals surface area contributed by atoms with Gasteiger partial charge in [-0.15, -0.1) is 0 Å². The second kappa shape index (κ2) is 31.7. The average molecular weight is 1110 g/mol. The summed E-state index contributed by atoms with van der Waals surface area (Å²) in [4.78, 5) is 99.3. The quantitative estimate of drug-likeness (QED) is 0.0251. The number of phenols is 1. The van der Waals surface area contributed by atoms with E-state index in [0.29, 0.717) is 75.2 Å². The van der Waals surface area contributed by atoms with Gasteiger partial charge in [0.25, 0.3) is 29.5 Å². The van der Waals surface area contributed by atoms with Crippen molar-refractivity contribution in [3.63, 3.8) is 0 Å². The number of benzene rings is 4. The zero-order valence-electron chi connectivity index (χ0n) is 41.0. The molecule has 1 aliphatic rings. The van der Waals surface area contributed by atoms with Crippen molar-refractivity contribution in [1.29, 1.82) is 0 Å². The van der Waals surface area contributed by atoms with Crippen LogP contribution in [0.15, 0.2) is 91.0 Å². The zero-order valence-corrected chi connectivity index (χ0v) is 43.3. The fraction of sp³-hybridized carbons (Fsp3) is 0.346. The monoisotopic (exact) mass is 1110 g/mol. The Morgan fingerprint density at radius 1 is 0.605 bits per heavy atom. The number of hydrogen-bond acceptors (Lipinski definition) is 14. The van der Waals surface area contributed by atoms with E-state index in [9.17, 15) is 48.6 Å². The molecule has 1 atom stereocenters. The number of aliphatic carboxylic acids is 1. The molecule has 1 heterocycles. The van der Waals surface area contributed by atoms with Crippen LogP contribution < -0.4 is 31.3 Å². The molecule has 0 aliphatic carbocycles. The Morgan fingerprint density at radius 2 is 1.22 bits per heavy atom. The van der Waals surface area contributed by atoms with E-state index in [2.05, 4.69) is 26.6 Å². The Labute approximate surface area is 452 Å². The lowest BCUT2D eigenvalue weighted by Crippen LogP contribution is -2.42. The number of anilines is 1. The number of carboxylic acids is 1. The van der Waals surface area contributed by atoms with E-state index < -0.39 is 41.5 Å². The Balaban J connectivity index is 0.887. The first-order chi connectivity index (χ1) is 36.6. The molecule has 21 nitrogen and oxygen atoms in total. The molecule has 0 aromatic heterocycles. The summed E-state index contributed by atoms with van der Waals surface area (Å²) in [5.74, 6) is -4.15. The lowest BCUT2D eigenvalue weighted by Gasteiger charge is -2.16. The standard InChI is InChI=1S/C52H57Cl3N6O15/c53-40-29-35(49(67)58-32-34-3-1-4-37(62)27-34)7-10-39(40)50(68)60-43(52(70)71)28-33-5-8-36(9-6-33)59-51(69)48-41(54)30-38(31-42(48)55)76-18-2-15-56-45(64)14-19-72-21-23-74-25-26-75-24-22-73-20-16-57-44(63)13-17-61-46(65)11-12-47(61)66/h1,3-12,27,29-31,43,62H,2,13-26,28,32H2,(H,56,64)(H,57,63)(H,58,67)(H,59,69)(H,60,68)(H,70,71). The number of rotatable bonds is 33. The van der Waals surface area contributed by atoms with Crippen molar-refractivity contribution in [3.05, 3.63) is 134 Å². The zero-order chi connectivity index (χ0) is 54.8. The van der Waals surface area contributed by atoms with Crippen molar-refractivity contribution in [1.82, 2.24) is 26.2 Å². The van der Waals surface area contributed by atoms with E-state index in [4.69, 9.17) is 58.5 Å². The van der Waals surface area contributed by atoms with Crippen molar-refractivity contribution >= 4 is 87.8 Å². The Bertz CT molecular complexity index is 2670. The van der Waals surface area contributed by atoms with E-state index in [1.165, 1.54) is 54.6 Å². The number of halogens is 3. The van der Waals surface area contributed by atoms with Gasteiger partial charge in [-0.05, 0) is 72.1 Å². The van der Waals surface area contributed by atoms with Crippen LogP contribution in [0, 0.1) is 0 Å². The fourth-order valence-corrected chi connectivity index (χ4v) is 7.86. The Hall–Kier alpha value is -7.11. The van der Waals surface area contributed by atoms with E-state index >= 15 is 0 Å². The second-order valence-corrected chi connectivity index (χ2v) is 17.8. The normalized spacial score (nSPS) is 12.3. The van der Waals surface area contributed by atoms with Gasteiger partial charge in [-0.1, -0.05) is 59.1 Å². The first-order valence-electron chi connectivity index (χ1n) is 23.9. The van der Waals surface area contributed by atoms with Crippen LogP contribution in [0.3, 0.4) is 0 Å². The van der Waals surface area contributed by atoms with Crippen LogP contribution in [0.2, 0.25) is 15.1 Å². The predicted octanol–water partition coefficient (Wildman–Crippen LogP) is 4.73. The third-order valence-corrected chi connectivity index (χ3v) is 11.8. The molecule has 4 aromatic carbocycles. The summed E-state index contributed by atoms with van der Waals surface area (Å²) in [5.41, 5.74) is 1.65. The van der Waals surface area contributed by atoms with Crippen molar-refractivity contribution < 1.29 is 72.3 Å². The van der Waals surface area contributed by atoms with Gasteiger partial charge in [0.15, 0.2) is 0 Å². The summed E-state index contributed by atoms with van der Waals surface area (Å²) >= 11 is 19.2. The van der Waals surface area contributed by atoms with E-state index in [0.717, 1.165) is 4.90 Å². The van der Waals surface area contributed by atoms with Gasteiger partial charge in [-0.25, -0.2) is 4.79 Å². The van der Waals surface area contributed by atoms with E-state index in [1.54, 1.807) is 36.4 Å². The molecule has 1 aliphatic heterocycles. The van der Waals surface area contributed by atoms with E-state index in [1.807, 2.05) is 0 Å². The highest BCUT2D eigenvalue weighted by molar-refractivity contribution is 6.40. The number of hydrogen-bond donors (Lipinski definition) is 7. The number of nitrogens with zero attached hydrogens (tertiary/aromatic N) is 1. The number of nitrogens with one attached hydrogen (secondary N) is 5. The molecule has 0 spiro atoms. The van der Waals surface area contributed by atoms with Gasteiger partial charge in [0, 0.05) is 68.8 Å². The van der Waals surface area contributed by atoms with Gasteiger partial charge in [-0.3, -0.25) is 38.5 Å². The van der Waals surface area contributed by atoms with Crippen LogP contribution in [0.5, 0.6) is 11.5 Å². The molecule has 1 unspecified atom stereocenters. The molecule has 7 N–H and O–H groups in total. The molecule has 4 aromatic rings. The van der Waals surface area contributed by atoms with Gasteiger partial charge in [-0.2, -0.15) is 0 Å². The topological polar surface area (TPSA) is 287 Å². The smallest absolute Gasteiger partial charge is 0.326 e. The SMILES string of the molecule is O=C(CCOCCOCCOCCOCCNC(=O)CCN1C(=O)C=CC1=O)NCCCOc1cc(Cl)c(C(=O)Nc2ccc(CC(NC(=O)c3ccc(C(=O)NCc4cccc(O)c4)cc3Cl)C(=O)O)cc2)c(Cl)c1. The molecule has 0 radical (unpaired) electrons. The lowest BCUT2D eigenvalue weighted by atomic mass is 10.0. The number of carbonyl (C=O) groups excluding carboxylic acids is 7. The van der Waals surface area contributed by atoms with Crippen LogP contribution in [-0.4, -0.2) is 148 Å². The van der Waals surface area contributed by atoms with Crippen molar-refractivity contribution in [2.45, 2.75) is 38.3 Å². The molecule has 0 saturated carbocycles. The maximum absolute atomic E-state index is 13.2. The first-order valence-corrected chi connectivity index (χ1v) is 25.0. The van der Waals surface area contributed by atoms with Gasteiger partial charge in [0.05, 0.1) is 85.7 Å². The predicted molar refractivity (Wildman–Crippen MR) is 279 cm³/mol. The number of phenolic OH excluding ortho intramolecular Hbond substituents is 1. The van der Waals surface area contributed by atoms with Crippen LogP contribution in [-0.2, 0) is 55.9 Å². The second-order valence-electron chi connectivity index (χ2n) is 16.5. The van der Waals surface area contributed by atoms with Gasteiger partial charge in [0.1, 0.15) is 17.5 Å². The summed E-state index contributed by atoms with van der Waals surface area (Å²) in [7, 11) is 0. The van der Waals surface area contributed by atoms with Gasteiger partial charge in [0.2, 0.25) is 11.8 Å².